The molecule has 1 aromatic carbocycles. The minimum Gasteiger partial charge on any atom is -0.317 e. The minimum atomic E-state index is -0.907. The summed E-state index contributed by atoms with van der Waals surface area (Å²) in [6.45, 7) is 2.15. The van der Waals surface area contributed by atoms with Crippen LogP contribution in [0.3, 0.4) is 0 Å². The highest BCUT2D eigenvalue weighted by Crippen LogP contribution is 2.56. The number of carbonyl (C=O) groups excluding carboxylic acids is 4. The Hall–Kier alpha value is -2.54. The first-order chi connectivity index (χ1) is 13.5. The monoisotopic (exact) mass is 381 g/mol. The number of fused-ring (bicyclic) bond motifs is 1. The number of carbonyl (C=O) groups is 4. The van der Waals surface area contributed by atoms with Crippen molar-refractivity contribution < 1.29 is 19.2 Å². The molecule has 3 fully saturated rings. The highest BCUT2D eigenvalue weighted by atomic mass is 16.2. The van der Waals surface area contributed by atoms with Crippen molar-refractivity contribution in [2.45, 2.75) is 50.5 Å². The van der Waals surface area contributed by atoms with E-state index in [0.717, 1.165) is 36.4 Å². The van der Waals surface area contributed by atoms with Gasteiger partial charge in [0, 0.05) is 6.42 Å². The average Bonchev–Trinajstić information content (AvgIpc) is 2.91. The van der Waals surface area contributed by atoms with Gasteiger partial charge in [0.1, 0.15) is 6.04 Å². The molecule has 4 amide bonds. The molecule has 1 saturated carbocycles. The second-order valence-corrected chi connectivity index (χ2v) is 8.61. The van der Waals surface area contributed by atoms with Gasteiger partial charge in [-0.05, 0) is 74.2 Å². The normalized spacial score (nSPS) is 27.0. The second-order valence-electron chi connectivity index (χ2n) is 8.61. The first-order valence-electron chi connectivity index (χ1n) is 10.0. The van der Waals surface area contributed by atoms with Crippen LogP contribution >= 0.6 is 0 Å². The van der Waals surface area contributed by atoms with Crippen LogP contribution in [0.1, 0.15) is 70.7 Å². The van der Waals surface area contributed by atoms with Gasteiger partial charge in [-0.1, -0.05) is 6.07 Å². The standard InChI is InChI=1S/C21H23N3O4/c25-17-4-3-16(18(26)23-17)24-19(27)14-2-1-12(9-15(14)20(24)28)13-10-21(11-13)5-7-22-8-6-21/h1-2,9,13,16,22H,3-8,10-11H2,(H,23,25,26). The van der Waals surface area contributed by atoms with E-state index >= 15 is 0 Å². The van der Waals surface area contributed by atoms with Crippen molar-refractivity contribution in [2.24, 2.45) is 5.41 Å². The predicted octanol–water partition coefficient (Wildman–Crippen LogP) is 1.33. The molecule has 7 nitrogen and oxygen atoms in total. The fourth-order valence-corrected chi connectivity index (χ4v) is 5.33. The molecule has 3 heterocycles. The third-order valence-corrected chi connectivity index (χ3v) is 6.96. The van der Waals surface area contributed by atoms with Crippen LogP contribution in [-0.4, -0.2) is 47.7 Å². The van der Waals surface area contributed by atoms with Crippen molar-refractivity contribution in [1.29, 1.82) is 0 Å². The summed E-state index contributed by atoms with van der Waals surface area (Å²) in [6, 6.07) is 4.62. The lowest BCUT2D eigenvalue weighted by molar-refractivity contribution is -0.136. The molecule has 146 valence electrons. The predicted molar refractivity (Wildman–Crippen MR) is 99.6 cm³/mol. The van der Waals surface area contributed by atoms with E-state index in [1.807, 2.05) is 12.1 Å². The van der Waals surface area contributed by atoms with Gasteiger partial charge >= 0.3 is 0 Å². The lowest BCUT2D eigenvalue weighted by atomic mass is 9.56. The highest BCUT2D eigenvalue weighted by molar-refractivity contribution is 6.23. The van der Waals surface area contributed by atoms with Gasteiger partial charge in [0.25, 0.3) is 11.8 Å². The number of amides is 4. The van der Waals surface area contributed by atoms with E-state index in [-0.39, 0.29) is 18.7 Å². The molecule has 3 aliphatic heterocycles. The largest absolute Gasteiger partial charge is 0.317 e. The van der Waals surface area contributed by atoms with Crippen molar-refractivity contribution in [2.75, 3.05) is 13.1 Å². The molecule has 1 aliphatic carbocycles. The van der Waals surface area contributed by atoms with Crippen LogP contribution in [-0.2, 0) is 9.59 Å². The van der Waals surface area contributed by atoms with Crippen molar-refractivity contribution in [3.8, 4) is 0 Å². The van der Waals surface area contributed by atoms with E-state index in [4.69, 9.17) is 0 Å². The zero-order valence-corrected chi connectivity index (χ0v) is 15.6. The molecule has 0 aromatic heterocycles. The van der Waals surface area contributed by atoms with Gasteiger partial charge in [0.2, 0.25) is 11.8 Å². The van der Waals surface area contributed by atoms with Crippen LogP contribution < -0.4 is 10.6 Å². The second kappa shape index (κ2) is 6.24. The van der Waals surface area contributed by atoms with Crippen LogP contribution in [0.4, 0.5) is 0 Å². The molecule has 0 bridgehead atoms. The van der Waals surface area contributed by atoms with E-state index in [0.29, 0.717) is 22.5 Å². The summed E-state index contributed by atoms with van der Waals surface area (Å²) in [7, 11) is 0. The zero-order valence-electron chi connectivity index (χ0n) is 15.6. The van der Waals surface area contributed by atoms with Crippen LogP contribution in [0.25, 0.3) is 0 Å². The molecule has 1 atom stereocenters. The first-order valence-corrected chi connectivity index (χ1v) is 10.0. The Morgan fingerprint density at radius 3 is 2.39 bits per heavy atom. The third-order valence-electron chi connectivity index (χ3n) is 6.96. The van der Waals surface area contributed by atoms with Crippen molar-refractivity contribution >= 4 is 23.6 Å². The summed E-state index contributed by atoms with van der Waals surface area (Å²) in [4.78, 5) is 50.3. The molecule has 1 aromatic rings. The Kier molecular flexibility index (Phi) is 3.91. The average molecular weight is 381 g/mol. The topological polar surface area (TPSA) is 95.6 Å². The van der Waals surface area contributed by atoms with E-state index in [1.165, 1.54) is 12.8 Å². The number of rotatable bonds is 2. The first kappa shape index (κ1) is 17.6. The fraction of sp³-hybridized carbons (Fsp3) is 0.524. The number of benzene rings is 1. The van der Waals surface area contributed by atoms with E-state index < -0.39 is 23.8 Å². The lowest BCUT2D eigenvalue weighted by Gasteiger charge is -2.50. The highest BCUT2D eigenvalue weighted by Gasteiger charge is 2.47. The molecule has 4 aliphatic rings. The molecule has 2 saturated heterocycles. The molecule has 0 radical (unpaired) electrons. The smallest absolute Gasteiger partial charge is 0.262 e. The summed E-state index contributed by atoms with van der Waals surface area (Å²) in [5.41, 5.74) is 2.29. The lowest BCUT2D eigenvalue weighted by Crippen LogP contribution is -2.54. The SMILES string of the molecule is O=C1CCC(N2C(=O)c3ccc(C4CC5(CCNCC5)C4)cc3C2=O)C(=O)N1. The van der Waals surface area contributed by atoms with Crippen molar-refractivity contribution in [1.82, 2.24) is 15.5 Å². The van der Waals surface area contributed by atoms with Crippen LogP contribution in [0.5, 0.6) is 0 Å². The molecule has 2 N–H and O–H groups in total. The summed E-state index contributed by atoms with van der Waals surface area (Å²) < 4.78 is 0. The summed E-state index contributed by atoms with van der Waals surface area (Å²) in [5, 5.41) is 5.63. The van der Waals surface area contributed by atoms with Gasteiger partial charge in [-0.25, -0.2) is 0 Å². The van der Waals surface area contributed by atoms with Gasteiger partial charge < -0.3 is 5.32 Å². The Labute approximate surface area is 162 Å². The maximum atomic E-state index is 12.9. The Bertz CT molecular complexity index is 895. The third kappa shape index (κ3) is 2.60. The van der Waals surface area contributed by atoms with E-state index in [1.54, 1.807) is 6.07 Å². The number of hydrogen-bond donors (Lipinski definition) is 2. The molecule has 1 spiro atoms. The molecule has 28 heavy (non-hydrogen) atoms. The Balaban J connectivity index is 1.36. The van der Waals surface area contributed by atoms with Gasteiger partial charge in [-0.3, -0.25) is 29.4 Å². The quantitative estimate of drug-likeness (QED) is 0.754. The van der Waals surface area contributed by atoms with Crippen LogP contribution in [0.2, 0.25) is 0 Å². The number of imide groups is 2. The molecule has 1 unspecified atom stereocenters. The Morgan fingerprint density at radius 1 is 0.964 bits per heavy atom. The minimum absolute atomic E-state index is 0.133. The van der Waals surface area contributed by atoms with E-state index in [9.17, 15) is 19.2 Å². The molecule has 5 rings (SSSR count). The number of piperidine rings is 2. The maximum absolute atomic E-state index is 12.9. The Morgan fingerprint density at radius 2 is 1.68 bits per heavy atom. The van der Waals surface area contributed by atoms with E-state index in [2.05, 4.69) is 10.6 Å². The zero-order chi connectivity index (χ0) is 19.5. The van der Waals surface area contributed by atoms with Crippen LogP contribution in [0.15, 0.2) is 18.2 Å². The molecular formula is C21H23N3O4. The van der Waals surface area contributed by atoms with Gasteiger partial charge in [0.15, 0.2) is 0 Å². The number of hydrogen-bond acceptors (Lipinski definition) is 5. The summed E-state index contributed by atoms with van der Waals surface area (Å²) in [6.07, 6.45) is 4.99. The van der Waals surface area contributed by atoms with Gasteiger partial charge in [-0.2, -0.15) is 0 Å². The van der Waals surface area contributed by atoms with Gasteiger partial charge in [-0.15, -0.1) is 0 Å². The fourth-order valence-electron chi connectivity index (χ4n) is 5.33. The molecular weight excluding hydrogens is 358 g/mol. The number of nitrogens with one attached hydrogen (secondary N) is 2. The number of nitrogens with zero attached hydrogens (tertiary/aromatic N) is 1. The summed E-state index contributed by atoms with van der Waals surface area (Å²) in [5.74, 6) is -1.37. The van der Waals surface area contributed by atoms with Crippen molar-refractivity contribution in [3.05, 3.63) is 34.9 Å². The summed E-state index contributed by atoms with van der Waals surface area (Å²) >= 11 is 0. The van der Waals surface area contributed by atoms with Crippen LogP contribution in [0, 0.1) is 5.41 Å². The maximum Gasteiger partial charge on any atom is 0.262 e. The van der Waals surface area contributed by atoms with Gasteiger partial charge in [0.05, 0.1) is 11.1 Å². The van der Waals surface area contributed by atoms with Crippen molar-refractivity contribution in [3.63, 3.8) is 0 Å². The molecule has 7 heteroatoms.